The van der Waals surface area contributed by atoms with E-state index in [0.29, 0.717) is 17.1 Å². The van der Waals surface area contributed by atoms with Gasteiger partial charge in [-0.25, -0.2) is 0 Å². The number of piperidine rings is 1. The van der Waals surface area contributed by atoms with Gasteiger partial charge in [-0.3, -0.25) is 4.79 Å². The van der Waals surface area contributed by atoms with E-state index in [2.05, 4.69) is 0 Å². The van der Waals surface area contributed by atoms with Gasteiger partial charge in [0.15, 0.2) is 0 Å². The molecule has 0 aromatic heterocycles. The zero-order valence-electron chi connectivity index (χ0n) is 9.95. The molecule has 1 aromatic carbocycles. The second-order valence-corrected chi connectivity index (χ2v) is 5.02. The van der Waals surface area contributed by atoms with E-state index in [1.165, 1.54) is 0 Å². The molecule has 0 saturated carbocycles. The number of carbonyl (C=O) groups is 1. The van der Waals surface area contributed by atoms with Gasteiger partial charge in [0.2, 0.25) is 0 Å². The minimum absolute atomic E-state index is 0.0297. The summed E-state index contributed by atoms with van der Waals surface area (Å²) in [4.78, 5) is 14.0. The number of aryl methyl sites for hydroxylation is 1. The Morgan fingerprint density at radius 2 is 2.29 bits per heavy atom. The van der Waals surface area contributed by atoms with Gasteiger partial charge in [-0.05, 0) is 37.5 Å². The summed E-state index contributed by atoms with van der Waals surface area (Å²) >= 11 is 6.03. The lowest BCUT2D eigenvalue weighted by Gasteiger charge is -2.30. The summed E-state index contributed by atoms with van der Waals surface area (Å²) in [6.07, 6.45) is 1.98. The van der Waals surface area contributed by atoms with Gasteiger partial charge in [-0.2, -0.15) is 0 Å². The van der Waals surface area contributed by atoms with Gasteiger partial charge < -0.3 is 10.6 Å². The van der Waals surface area contributed by atoms with Crippen LogP contribution < -0.4 is 5.73 Å². The van der Waals surface area contributed by atoms with Crippen molar-refractivity contribution >= 4 is 17.5 Å². The van der Waals surface area contributed by atoms with Crippen molar-refractivity contribution in [3.8, 4) is 0 Å². The summed E-state index contributed by atoms with van der Waals surface area (Å²) in [5.74, 6) is 0.0297. The molecule has 0 spiro atoms. The Kier molecular flexibility index (Phi) is 3.69. The number of halogens is 1. The number of nitrogens with zero attached hydrogens (tertiary/aromatic N) is 1. The number of rotatable bonds is 1. The lowest BCUT2D eigenvalue weighted by atomic mass is 10.0. The largest absolute Gasteiger partial charge is 0.337 e. The topological polar surface area (TPSA) is 46.3 Å². The van der Waals surface area contributed by atoms with Crippen molar-refractivity contribution in [2.24, 2.45) is 5.73 Å². The van der Waals surface area contributed by atoms with Gasteiger partial charge in [-0.15, -0.1) is 0 Å². The molecular formula is C13H17ClN2O. The molecule has 1 heterocycles. The van der Waals surface area contributed by atoms with Crippen molar-refractivity contribution < 1.29 is 4.79 Å². The van der Waals surface area contributed by atoms with Crippen molar-refractivity contribution in [2.75, 3.05) is 13.1 Å². The molecule has 2 N–H and O–H groups in total. The van der Waals surface area contributed by atoms with E-state index < -0.39 is 0 Å². The summed E-state index contributed by atoms with van der Waals surface area (Å²) in [6.45, 7) is 3.36. The molecule has 92 valence electrons. The van der Waals surface area contributed by atoms with Crippen molar-refractivity contribution in [2.45, 2.75) is 25.8 Å². The third-order valence-electron chi connectivity index (χ3n) is 3.16. The number of benzene rings is 1. The third-order valence-corrected chi connectivity index (χ3v) is 3.57. The average Bonchev–Trinajstić information content (AvgIpc) is 2.32. The van der Waals surface area contributed by atoms with Crippen molar-refractivity contribution in [1.82, 2.24) is 4.90 Å². The number of likely N-dealkylation sites (tertiary alicyclic amines) is 1. The van der Waals surface area contributed by atoms with E-state index in [1.54, 1.807) is 6.07 Å². The molecular weight excluding hydrogens is 236 g/mol. The summed E-state index contributed by atoms with van der Waals surface area (Å²) in [5.41, 5.74) is 7.51. The lowest BCUT2D eigenvalue weighted by Crippen LogP contribution is -2.45. The average molecular weight is 253 g/mol. The fourth-order valence-electron chi connectivity index (χ4n) is 2.10. The van der Waals surface area contributed by atoms with E-state index in [9.17, 15) is 4.79 Å². The van der Waals surface area contributed by atoms with Gasteiger partial charge in [0, 0.05) is 29.7 Å². The molecule has 0 radical (unpaired) electrons. The molecule has 1 aliphatic rings. The van der Waals surface area contributed by atoms with Crippen molar-refractivity contribution in [3.63, 3.8) is 0 Å². The maximum Gasteiger partial charge on any atom is 0.253 e. The molecule has 1 fully saturated rings. The van der Waals surface area contributed by atoms with Gasteiger partial charge in [-0.1, -0.05) is 17.7 Å². The van der Waals surface area contributed by atoms with Crippen LogP contribution in [0.5, 0.6) is 0 Å². The van der Waals surface area contributed by atoms with Crippen LogP contribution in [-0.2, 0) is 0 Å². The van der Waals surface area contributed by atoms with Gasteiger partial charge in [0.25, 0.3) is 5.91 Å². The highest BCUT2D eigenvalue weighted by Crippen LogP contribution is 2.19. The van der Waals surface area contributed by atoms with Crippen LogP contribution in [0.15, 0.2) is 18.2 Å². The monoisotopic (exact) mass is 252 g/mol. The normalized spacial score (nSPS) is 20.4. The Labute approximate surface area is 107 Å². The fraction of sp³-hybridized carbons (Fsp3) is 0.462. The third kappa shape index (κ3) is 2.79. The molecule has 2 rings (SSSR count). The van der Waals surface area contributed by atoms with Crippen LogP contribution in [0.25, 0.3) is 0 Å². The molecule has 0 aliphatic carbocycles. The number of hydrogen-bond acceptors (Lipinski definition) is 2. The maximum absolute atomic E-state index is 12.2. The highest BCUT2D eigenvalue weighted by atomic mass is 35.5. The van der Waals surface area contributed by atoms with E-state index >= 15 is 0 Å². The molecule has 17 heavy (non-hydrogen) atoms. The van der Waals surface area contributed by atoms with Crippen LogP contribution in [-0.4, -0.2) is 29.9 Å². The molecule has 1 aromatic rings. The number of carbonyl (C=O) groups excluding carboxylic acids is 1. The second-order valence-electron chi connectivity index (χ2n) is 4.62. The summed E-state index contributed by atoms with van der Waals surface area (Å²) < 4.78 is 0. The Morgan fingerprint density at radius 1 is 1.53 bits per heavy atom. The zero-order valence-corrected chi connectivity index (χ0v) is 10.7. The summed E-state index contributed by atoms with van der Waals surface area (Å²) in [5, 5.41) is 0.636. The molecule has 4 heteroatoms. The van der Waals surface area contributed by atoms with Gasteiger partial charge >= 0.3 is 0 Å². The van der Waals surface area contributed by atoms with Gasteiger partial charge in [0.05, 0.1) is 0 Å². The molecule has 3 nitrogen and oxygen atoms in total. The van der Waals surface area contributed by atoms with Crippen molar-refractivity contribution in [3.05, 3.63) is 34.3 Å². The predicted octanol–water partition coefficient (Wildman–Crippen LogP) is 2.21. The standard InChI is InChI=1S/C13H17ClN2O/c1-9-4-5-10(7-12(9)14)13(17)16-6-2-3-11(15)8-16/h4-5,7,11H,2-3,6,8,15H2,1H3/t11-/m0/s1. The maximum atomic E-state index is 12.2. The van der Waals surface area contributed by atoms with Gasteiger partial charge in [0.1, 0.15) is 0 Å². The zero-order chi connectivity index (χ0) is 12.4. The SMILES string of the molecule is Cc1ccc(C(=O)N2CCC[C@H](N)C2)cc1Cl. The Bertz CT molecular complexity index is 433. The first-order valence-corrected chi connectivity index (χ1v) is 6.26. The minimum Gasteiger partial charge on any atom is -0.337 e. The smallest absolute Gasteiger partial charge is 0.253 e. The Balaban J connectivity index is 2.15. The number of hydrogen-bond donors (Lipinski definition) is 1. The van der Waals surface area contributed by atoms with Crippen LogP contribution in [0.1, 0.15) is 28.8 Å². The number of amides is 1. The fourth-order valence-corrected chi connectivity index (χ4v) is 2.28. The number of nitrogens with two attached hydrogens (primary N) is 1. The van der Waals surface area contributed by atoms with E-state index in [1.807, 2.05) is 24.0 Å². The van der Waals surface area contributed by atoms with Crippen LogP contribution in [0.4, 0.5) is 0 Å². The first-order valence-electron chi connectivity index (χ1n) is 5.89. The van der Waals surface area contributed by atoms with E-state index in [0.717, 1.165) is 24.9 Å². The molecule has 1 atom stereocenters. The molecule has 1 saturated heterocycles. The van der Waals surface area contributed by atoms with Crippen LogP contribution in [0.2, 0.25) is 5.02 Å². The minimum atomic E-state index is 0.0297. The van der Waals surface area contributed by atoms with E-state index in [4.69, 9.17) is 17.3 Å². The summed E-state index contributed by atoms with van der Waals surface area (Å²) in [6, 6.07) is 5.54. The molecule has 1 amide bonds. The van der Waals surface area contributed by atoms with E-state index in [-0.39, 0.29) is 11.9 Å². The highest BCUT2D eigenvalue weighted by Gasteiger charge is 2.22. The highest BCUT2D eigenvalue weighted by molar-refractivity contribution is 6.31. The lowest BCUT2D eigenvalue weighted by molar-refractivity contribution is 0.0709. The van der Waals surface area contributed by atoms with Crippen LogP contribution in [0.3, 0.4) is 0 Å². The Morgan fingerprint density at radius 3 is 2.94 bits per heavy atom. The predicted molar refractivity (Wildman–Crippen MR) is 69.3 cm³/mol. The van der Waals surface area contributed by atoms with Crippen molar-refractivity contribution in [1.29, 1.82) is 0 Å². The molecule has 0 bridgehead atoms. The second kappa shape index (κ2) is 5.07. The Hall–Kier alpha value is -1.06. The molecule has 0 unspecified atom stereocenters. The van der Waals surface area contributed by atoms with Crippen LogP contribution >= 0.6 is 11.6 Å². The van der Waals surface area contributed by atoms with Crippen LogP contribution in [0, 0.1) is 6.92 Å². The first-order chi connectivity index (χ1) is 8.08. The first kappa shape index (κ1) is 12.4. The quantitative estimate of drug-likeness (QED) is 0.833. The summed E-state index contributed by atoms with van der Waals surface area (Å²) in [7, 11) is 0. The molecule has 1 aliphatic heterocycles.